The predicted octanol–water partition coefficient (Wildman–Crippen LogP) is 0.936. The van der Waals surface area contributed by atoms with Crippen LogP contribution in [0.15, 0.2) is 24.5 Å². The maximum absolute atomic E-state index is 5.17. The summed E-state index contributed by atoms with van der Waals surface area (Å²) >= 11 is 0. The fourth-order valence-corrected chi connectivity index (χ4v) is 1.95. The number of nitrogens with zero attached hydrogens (tertiary/aromatic N) is 2. The van der Waals surface area contributed by atoms with Crippen LogP contribution in [0, 0.1) is 0 Å². The molecule has 2 rings (SSSR count). The molecule has 2 heterocycles. The minimum absolute atomic E-state index is 0.246. The monoisotopic (exact) mass is 207 g/mol. The molecule has 1 aliphatic rings. The first kappa shape index (κ1) is 10.5. The Labute approximate surface area is 90.0 Å². The van der Waals surface area contributed by atoms with E-state index in [0.717, 1.165) is 32.5 Å². The Morgan fingerprint density at radius 1 is 1.47 bits per heavy atom. The van der Waals surface area contributed by atoms with Gasteiger partial charge in [0.25, 0.3) is 0 Å². The Bertz CT molecular complexity index is 283. The number of rotatable bonds is 3. The van der Waals surface area contributed by atoms with Gasteiger partial charge in [-0.2, -0.15) is 0 Å². The number of likely N-dealkylation sites (tertiary alicyclic amines) is 1. The van der Waals surface area contributed by atoms with Crippen LogP contribution >= 0.6 is 0 Å². The Hall–Kier alpha value is -0.970. The molecule has 0 aliphatic carbocycles. The summed E-state index contributed by atoms with van der Waals surface area (Å²) in [6.45, 7) is 3.08. The molecule has 1 aromatic rings. The molecule has 0 amide bonds. The lowest BCUT2D eigenvalue weighted by molar-refractivity contribution is 0.00492. The van der Waals surface area contributed by atoms with Crippen LogP contribution in [0.25, 0.3) is 0 Å². The number of piperidine rings is 1. The Morgan fingerprint density at radius 3 is 2.87 bits per heavy atom. The summed E-state index contributed by atoms with van der Waals surface area (Å²) in [6, 6.07) is 4.09. The van der Waals surface area contributed by atoms with Gasteiger partial charge in [-0.05, 0) is 24.5 Å². The zero-order valence-electron chi connectivity index (χ0n) is 8.80. The van der Waals surface area contributed by atoms with Crippen molar-refractivity contribution in [2.24, 2.45) is 5.90 Å². The zero-order chi connectivity index (χ0) is 10.5. The molecule has 0 radical (unpaired) electrons. The Kier molecular flexibility index (Phi) is 3.66. The summed E-state index contributed by atoms with van der Waals surface area (Å²) in [5, 5.41) is 0. The average molecular weight is 207 g/mol. The third-order valence-electron chi connectivity index (χ3n) is 2.86. The molecule has 1 aliphatic heterocycles. The number of hydrogen-bond acceptors (Lipinski definition) is 4. The lowest BCUT2D eigenvalue weighted by Gasteiger charge is -2.30. The second kappa shape index (κ2) is 5.21. The van der Waals surface area contributed by atoms with Crippen molar-refractivity contribution in [1.29, 1.82) is 0 Å². The Balaban J connectivity index is 1.82. The van der Waals surface area contributed by atoms with Gasteiger partial charge in [0.15, 0.2) is 0 Å². The van der Waals surface area contributed by atoms with E-state index in [-0.39, 0.29) is 6.10 Å². The highest BCUT2D eigenvalue weighted by Gasteiger charge is 2.18. The fourth-order valence-electron chi connectivity index (χ4n) is 1.95. The SMILES string of the molecule is NOC1CCN(Cc2cccnc2)CC1. The van der Waals surface area contributed by atoms with Crippen molar-refractivity contribution in [2.75, 3.05) is 13.1 Å². The fraction of sp³-hybridized carbons (Fsp3) is 0.545. The largest absolute Gasteiger partial charge is 0.301 e. The van der Waals surface area contributed by atoms with Crippen LogP contribution < -0.4 is 5.90 Å². The molecule has 0 saturated carbocycles. The van der Waals surface area contributed by atoms with Gasteiger partial charge < -0.3 is 4.84 Å². The van der Waals surface area contributed by atoms with E-state index in [0.29, 0.717) is 0 Å². The van der Waals surface area contributed by atoms with Crippen LogP contribution in [0.3, 0.4) is 0 Å². The topological polar surface area (TPSA) is 51.4 Å². The van der Waals surface area contributed by atoms with Gasteiger partial charge in [-0.15, -0.1) is 0 Å². The normalized spacial score (nSPS) is 19.3. The first-order valence-corrected chi connectivity index (χ1v) is 5.35. The zero-order valence-corrected chi connectivity index (χ0v) is 8.80. The highest BCUT2D eigenvalue weighted by atomic mass is 16.6. The van der Waals surface area contributed by atoms with E-state index in [2.05, 4.69) is 16.0 Å². The molecule has 4 nitrogen and oxygen atoms in total. The molecular weight excluding hydrogens is 190 g/mol. The van der Waals surface area contributed by atoms with E-state index in [9.17, 15) is 0 Å². The quantitative estimate of drug-likeness (QED) is 0.749. The molecule has 1 aromatic heterocycles. The number of nitrogens with two attached hydrogens (primary N) is 1. The van der Waals surface area contributed by atoms with E-state index in [1.165, 1.54) is 5.56 Å². The van der Waals surface area contributed by atoms with Gasteiger partial charge in [0.05, 0.1) is 6.10 Å². The molecule has 1 fully saturated rings. The highest BCUT2D eigenvalue weighted by molar-refractivity contribution is 5.08. The molecule has 2 N–H and O–H groups in total. The summed E-state index contributed by atoms with van der Waals surface area (Å²) in [7, 11) is 0. The molecule has 82 valence electrons. The van der Waals surface area contributed by atoms with Gasteiger partial charge in [-0.1, -0.05) is 6.07 Å². The molecule has 0 atom stereocenters. The van der Waals surface area contributed by atoms with Crippen LogP contribution in [-0.2, 0) is 11.4 Å². The van der Waals surface area contributed by atoms with Gasteiger partial charge in [-0.3, -0.25) is 9.88 Å². The number of hydrogen-bond donors (Lipinski definition) is 1. The van der Waals surface area contributed by atoms with Crippen molar-refractivity contribution in [3.63, 3.8) is 0 Å². The lowest BCUT2D eigenvalue weighted by Crippen LogP contribution is -2.37. The molecule has 1 saturated heterocycles. The van der Waals surface area contributed by atoms with Gasteiger partial charge in [0, 0.05) is 32.0 Å². The van der Waals surface area contributed by atoms with Crippen LogP contribution in [0.1, 0.15) is 18.4 Å². The van der Waals surface area contributed by atoms with E-state index < -0.39 is 0 Å². The number of pyridine rings is 1. The molecule has 4 heteroatoms. The third kappa shape index (κ3) is 2.99. The second-order valence-electron chi connectivity index (χ2n) is 3.97. The van der Waals surface area contributed by atoms with Crippen molar-refractivity contribution in [1.82, 2.24) is 9.88 Å². The van der Waals surface area contributed by atoms with Crippen molar-refractivity contribution >= 4 is 0 Å². The van der Waals surface area contributed by atoms with E-state index in [1.54, 1.807) is 6.20 Å². The van der Waals surface area contributed by atoms with Crippen molar-refractivity contribution < 1.29 is 4.84 Å². The van der Waals surface area contributed by atoms with Gasteiger partial charge in [-0.25, -0.2) is 5.90 Å². The van der Waals surface area contributed by atoms with Crippen molar-refractivity contribution in [2.45, 2.75) is 25.5 Å². The first-order chi connectivity index (χ1) is 7.38. The predicted molar refractivity (Wildman–Crippen MR) is 57.8 cm³/mol. The van der Waals surface area contributed by atoms with Gasteiger partial charge in [0.1, 0.15) is 0 Å². The summed E-state index contributed by atoms with van der Waals surface area (Å²) in [6.07, 6.45) is 6.02. The van der Waals surface area contributed by atoms with Gasteiger partial charge in [0.2, 0.25) is 0 Å². The van der Waals surface area contributed by atoms with Crippen LogP contribution in [-0.4, -0.2) is 29.1 Å². The van der Waals surface area contributed by atoms with E-state index >= 15 is 0 Å². The highest BCUT2D eigenvalue weighted by Crippen LogP contribution is 2.14. The van der Waals surface area contributed by atoms with E-state index in [4.69, 9.17) is 10.7 Å². The molecule has 0 spiro atoms. The maximum Gasteiger partial charge on any atom is 0.0811 e. The third-order valence-corrected chi connectivity index (χ3v) is 2.86. The van der Waals surface area contributed by atoms with Crippen LogP contribution in [0.5, 0.6) is 0 Å². The molecule has 0 unspecified atom stereocenters. The van der Waals surface area contributed by atoms with Crippen LogP contribution in [0.4, 0.5) is 0 Å². The summed E-state index contributed by atoms with van der Waals surface area (Å²) in [5.74, 6) is 5.17. The minimum Gasteiger partial charge on any atom is -0.301 e. The van der Waals surface area contributed by atoms with E-state index in [1.807, 2.05) is 12.3 Å². The lowest BCUT2D eigenvalue weighted by atomic mass is 10.1. The summed E-state index contributed by atoms with van der Waals surface area (Å²) in [4.78, 5) is 11.4. The molecule has 15 heavy (non-hydrogen) atoms. The molecule has 0 bridgehead atoms. The first-order valence-electron chi connectivity index (χ1n) is 5.35. The summed E-state index contributed by atoms with van der Waals surface area (Å²) in [5.41, 5.74) is 1.27. The maximum atomic E-state index is 5.17. The molecular formula is C11H17N3O. The smallest absolute Gasteiger partial charge is 0.0811 e. The standard InChI is InChI=1S/C11H17N3O/c12-15-11-3-6-14(7-4-11)9-10-2-1-5-13-8-10/h1-2,5,8,11H,3-4,6-7,9,12H2. The van der Waals surface area contributed by atoms with Crippen LogP contribution in [0.2, 0.25) is 0 Å². The van der Waals surface area contributed by atoms with Gasteiger partial charge >= 0.3 is 0 Å². The number of aromatic nitrogens is 1. The summed E-state index contributed by atoms with van der Waals surface area (Å²) < 4.78 is 0. The van der Waals surface area contributed by atoms with Crippen molar-refractivity contribution in [3.05, 3.63) is 30.1 Å². The van der Waals surface area contributed by atoms with Crippen molar-refractivity contribution in [3.8, 4) is 0 Å². The average Bonchev–Trinajstić information content (AvgIpc) is 2.31. The molecule has 0 aromatic carbocycles. The second-order valence-corrected chi connectivity index (χ2v) is 3.97. The minimum atomic E-state index is 0.246. The Morgan fingerprint density at radius 2 is 2.27 bits per heavy atom.